The zero-order chi connectivity index (χ0) is 23.5. The number of nitrogens with zero attached hydrogens (tertiary/aromatic N) is 2. The van der Waals surface area contributed by atoms with E-state index >= 15 is 0 Å². The van der Waals surface area contributed by atoms with Gasteiger partial charge in [0, 0.05) is 30.5 Å². The number of benzene rings is 1. The normalized spacial score (nSPS) is 16.5. The lowest BCUT2D eigenvalue weighted by Gasteiger charge is -2.31. The Morgan fingerprint density at radius 2 is 1.91 bits per heavy atom. The number of ether oxygens (including phenoxy) is 1. The van der Waals surface area contributed by atoms with Crippen LogP contribution in [0.4, 0.5) is 0 Å². The SMILES string of the molecule is CCCC[C@@H](CC)C(=O)N(CC(=O)N(Cc1ccccc1)Cc1cccs1)C[C@@H]1CCCO1. The Labute approximate surface area is 202 Å². The molecule has 1 fully saturated rings. The second-order valence-electron chi connectivity index (χ2n) is 8.92. The molecule has 6 heteroatoms. The molecule has 1 saturated heterocycles. The molecular weight excluding hydrogens is 432 g/mol. The summed E-state index contributed by atoms with van der Waals surface area (Å²) in [6, 6.07) is 14.1. The fourth-order valence-electron chi connectivity index (χ4n) is 4.37. The van der Waals surface area contributed by atoms with E-state index < -0.39 is 0 Å². The van der Waals surface area contributed by atoms with Gasteiger partial charge in [0.2, 0.25) is 11.8 Å². The number of rotatable bonds is 13. The van der Waals surface area contributed by atoms with E-state index in [0.717, 1.165) is 55.6 Å². The van der Waals surface area contributed by atoms with Crippen molar-refractivity contribution >= 4 is 23.2 Å². The van der Waals surface area contributed by atoms with E-state index in [-0.39, 0.29) is 30.4 Å². The van der Waals surface area contributed by atoms with E-state index in [1.54, 1.807) is 16.2 Å². The topological polar surface area (TPSA) is 49.9 Å². The number of carbonyl (C=O) groups excluding carboxylic acids is 2. The van der Waals surface area contributed by atoms with Crippen molar-refractivity contribution in [1.82, 2.24) is 9.80 Å². The maximum atomic E-state index is 13.6. The molecule has 33 heavy (non-hydrogen) atoms. The van der Waals surface area contributed by atoms with Gasteiger partial charge in [-0.1, -0.05) is 63.1 Å². The molecule has 180 valence electrons. The van der Waals surface area contributed by atoms with Crippen molar-refractivity contribution in [2.45, 2.75) is 71.6 Å². The molecule has 0 saturated carbocycles. The van der Waals surface area contributed by atoms with Crippen molar-refractivity contribution in [2.24, 2.45) is 5.92 Å². The number of amides is 2. The molecule has 0 aliphatic carbocycles. The number of thiophene rings is 1. The van der Waals surface area contributed by atoms with Crippen molar-refractivity contribution in [3.8, 4) is 0 Å². The number of unbranched alkanes of at least 4 members (excludes halogenated alkanes) is 1. The van der Waals surface area contributed by atoms with E-state index in [2.05, 4.69) is 19.9 Å². The standard InChI is InChI=1S/C27H38N2O3S/c1-3-5-13-23(4-2)27(31)29(19-24-14-9-16-32-24)21-26(30)28(20-25-15-10-17-33-25)18-22-11-7-6-8-12-22/h6-8,10-12,15,17,23-24H,3-5,9,13-14,16,18-21H2,1-2H3/t23-,24+/m1/s1. The molecule has 1 aromatic carbocycles. The van der Waals surface area contributed by atoms with Gasteiger partial charge in [-0.2, -0.15) is 0 Å². The Morgan fingerprint density at radius 3 is 2.55 bits per heavy atom. The van der Waals surface area contributed by atoms with Crippen LogP contribution in [0.1, 0.15) is 62.8 Å². The maximum Gasteiger partial charge on any atom is 0.242 e. The van der Waals surface area contributed by atoms with Crippen LogP contribution in [-0.4, -0.2) is 47.4 Å². The van der Waals surface area contributed by atoms with E-state index in [4.69, 9.17) is 4.74 Å². The number of hydrogen-bond donors (Lipinski definition) is 0. The smallest absolute Gasteiger partial charge is 0.242 e. The first-order valence-electron chi connectivity index (χ1n) is 12.3. The van der Waals surface area contributed by atoms with Gasteiger partial charge in [0.05, 0.1) is 19.2 Å². The van der Waals surface area contributed by atoms with Crippen molar-refractivity contribution in [3.63, 3.8) is 0 Å². The monoisotopic (exact) mass is 470 g/mol. The lowest BCUT2D eigenvalue weighted by Crippen LogP contribution is -2.47. The van der Waals surface area contributed by atoms with E-state index in [1.165, 1.54) is 0 Å². The summed E-state index contributed by atoms with van der Waals surface area (Å²) in [6.45, 7) is 6.67. The molecule has 0 radical (unpaired) electrons. The van der Waals surface area contributed by atoms with Gasteiger partial charge in [-0.05, 0) is 42.7 Å². The summed E-state index contributed by atoms with van der Waals surface area (Å²) in [6.07, 6.45) is 5.79. The minimum absolute atomic E-state index is 0.0102. The fraction of sp³-hybridized carbons (Fsp3) is 0.556. The second-order valence-corrected chi connectivity index (χ2v) is 9.95. The Bertz CT molecular complexity index is 834. The molecule has 2 heterocycles. The van der Waals surface area contributed by atoms with Gasteiger partial charge in [-0.25, -0.2) is 0 Å². The fourth-order valence-corrected chi connectivity index (χ4v) is 5.09. The van der Waals surface area contributed by atoms with Crippen molar-refractivity contribution in [1.29, 1.82) is 0 Å². The lowest BCUT2D eigenvalue weighted by atomic mass is 9.97. The third-order valence-electron chi connectivity index (χ3n) is 6.33. The van der Waals surface area contributed by atoms with Crippen molar-refractivity contribution in [2.75, 3.05) is 19.7 Å². The van der Waals surface area contributed by atoms with Gasteiger partial charge in [0.15, 0.2) is 0 Å². The summed E-state index contributed by atoms with van der Waals surface area (Å²) in [4.78, 5) is 31.9. The first-order chi connectivity index (χ1) is 16.1. The van der Waals surface area contributed by atoms with Crippen LogP contribution in [0.3, 0.4) is 0 Å². The van der Waals surface area contributed by atoms with Gasteiger partial charge in [-0.15, -0.1) is 11.3 Å². The third-order valence-corrected chi connectivity index (χ3v) is 7.19. The Balaban J connectivity index is 1.75. The van der Waals surface area contributed by atoms with Crippen LogP contribution in [0, 0.1) is 5.92 Å². The molecule has 0 spiro atoms. The highest BCUT2D eigenvalue weighted by atomic mass is 32.1. The Hall–Kier alpha value is -2.18. The zero-order valence-electron chi connectivity index (χ0n) is 20.1. The van der Waals surface area contributed by atoms with Crippen LogP contribution in [0.25, 0.3) is 0 Å². The average molecular weight is 471 g/mol. The molecule has 5 nitrogen and oxygen atoms in total. The van der Waals surface area contributed by atoms with Gasteiger partial charge in [-0.3, -0.25) is 9.59 Å². The van der Waals surface area contributed by atoms with Crippen molar-refractivity contribution in [3.05, 3.63) is 58.3 Å². The highest BCUT2D eigenvalue weighted by Crippen LogP contribution is 2.21. The molecule has 2 amide bonds. The van der Waals surface area contributed by atoms with Crippen LogP contribution in [-0.2, 0) is 27.4 Å². The van der Waals surface area contributed by atoms with Crippen LogP contribution < -0.4 is 0 Å². The lowest BCUT2D eigenvalue weighted by molar-refractivity contribution is -0.145. The molecule has 2 atom stereocenters. The van der Waals surface area contributed by atoms with Gasteiger partial charge in [0.25, 0.3) is 0 Å². The molecule has 1 aliphatic heterocycles. The Morgan fingerprint density at radius 1 is 1.09 bits per heavy atom. The number of hydrogen-bond acceptors (Lipinski definition) is 4. The largest absolute Gasteiger partial charge is 0.376 e. The van der Waals surface area contributed by atoms with Gasteiger partial charge in [0.1, 0.15) is 0 Å². The predicted octanol–water partition coefficient (Wildman–Crippen LogP) is 5.50. The predicted molar refractivity (Wildman–Crippen MR) is 134 cm³/mol. The summed E-state index contributed by atoms with van der Waals surface area (Å²) >= 11 is 1.65. The highest BCUT2D eigenvalue weighted by molar-refractivity contribution is 7.09. The van der Waals surface area contributed by atoms with Crippen LogP contribution in [0.5, 0.6) is 0 Å². The molecule has 1 aliphatic rings. The van der Waals surface area contributed by atoms with Crippen LogP contribution in [0.15, 0.2) is 47.8 Å². The van der Waals surface area contributed by atoms with E-state index in [1.807, 2.05) is 46.7 Å². The van der Waals surface area contributed by atoms with E-state index in [9.17, 15) is 9.59 Å². The molecule has 0 bridgehead atoms. The van der Waals surface area contributed by atoms with Crippen LogP contribution in [0.2, 0.25) is 0 Å². The van der Waals surface area contributed by atoms with Gasteiger partial charge >= 0.3 is 0 Å². The maximum absolute atomic E-state index is 13.6. The molecule has 1 aromatic heterocycles. The molecule has 2 aromatic rings. The molecule has 3 rings (SSSR count). The summed E-state index contributed by atoms with van der Waals surface area (Å²) in [5, 5.41) is 2.04. The van der Waals surface area contributed by atoms with Gasteiger partial charge < -0.3 is 14.5 Å². The second kappa shape index (κ2) is 13.5. The first-order valence-corrected chi connectivity index (χ1v) is 13.2. The Kier molecular flexibility index (Phi) is 10.4. The highest BCUT2D eigenvalue weighted by Gasteiger charge is 2.29. The quantitative estimate of drug-likeness (QED) is 0.388. The minimum atomic E-state index is -0.0287. The molecular formula is C27H38N2O3S. The summed E-state index contributed by atoms with van der Waals surface area (Å²) in [7, 11) is 0. The zero-order valence-corrected chi connectivity index (χ0v) is 20.9. The third kappa shape index (κ3) is 7.97. The minimum Gasteiger partial charge on any atom is -0.376 e. The summed E-state index contributed by atoms with van der Waals surface area (Å²) in [5.41, 5.74) is 1.09. The van der Waals surface area contributed by atoms with Crippen LogP contribution >= 0.6 is 11.3 Å². The summed E-state index contributed by atoms with van der Waals surface area (Å²) in [5.74, 6) is 0.0635. The van der Waals surface area contributed by atoms with Crippen molar-refractivity contribution < 1.29 is 14.3 Å². The summed E-state index contributed by atoms with van der Waals surface area (Å²) < 4.78 is 5.83. The average Bonchev–Trinajstić information content (AvgIpc) is 3.53. The molecule has 0 N–H and O–H groups in total. The first kappa shape index (κ1) is 25.4. The van der Waals surface area contributed by atoms with E-state index in [0.29, 0.717) is 19.6 Å². The molecule has 0 unspecified atom stereocenters. The number of carbonyl (C=O) groups is 2.